The molecular weight excluding hydrogens is 266 g/mol. The first-order valence-electron chi connectivity index (χ1n) is 6.73. The van der Waals surface area contributed by atoms with Crippen LogP contribution < -0.4 is 11.1 Å². The van der Waals surface area contributed by atoms with Crippen molar-refractivity contribution < 1.29 is 9.59 Å². The number of nitrogens with one attached hydrogen (secondary N) is 1. The average Bonchev–Trinajstić information content (AvgIpc) is 2.76. The van der Waals surface area contributed by atoms with E-state index in [1.165, 1.54) is 6.92 Å². The summed E-state index contributed by atoms with van der Waals surface area (Å²) in [6, 6.07) is -0.296. The molecule has 1 aliphatic heterocycles. The molecule has 0 aromatic rings. The van der Waals surface area contributed by atoms with E-state index in [4.69, 9.17) is 5.73 Å². The largest absolute Gasteiger partial charge is 0.350 e. The summed E-state index contributed by atoms with van der Waals surface area (Å²) in [6.45, 7) is 6.85. The fourth-order valence-electron chi connectivity index (χ4n) is 2.50. The summed E-state index contributed by atoms with van der Waals surface area (Å²) >= 11 is 0. The minimum Gasteiger partial charge on any atom is -0.350 e. The second-order valence-electron chi connectivity index (χ2n) is 5.44. The molecule has 0 saturated carbocycles. The summed E-state index contributed by atoms with van der Waals surface area (Å²) in [5.74, 6) is 0.408. The minimum absolute atomic E-state index is 0. The molecule has 1 saturated heterocycles. The highest BCUT2D eigenvalue weighted by Gasteiger charge is 2.33. The molecule has 5 nitrogen and oxygen atoms in total. The standard InChI is InChI=1S/C13H25N3O2.ClH/c1-9(2)7-11(8-14)15-13(18)12-5-4-6-16(12)10(3)17;/h9,11-12H,4-8,14H2,1-3H3,(H,15,18);1H. The monoisotopic (exact) mass is 291 g/mol. The van der Waals surface area contributed by atoms with Gasteiger partial charge in [0.15, 0.2) is 0 Å². The van der Waals surface area contributed by atoms with Crippen LogP contribution in [0.25, 0.3) is 0 Å². The Morgan fingerprint density at radius 3 is 2.53 bits per heavy atom. The fourth-order valence-corrected chi connectivity index (χ4v) is 2.50. The smallest absolute Gasteiger partial charge is 0.243 e. The molecule has 1 rings (SSSR count). The lowest BCUT2D eigenvalue weighted by Gasteiger charge is -2.26. The van der Waals surface area contributed by atoms with Crippen molar-refractivity contribution in [2.24, 2.45) is 11.7 Å². The van der Waals surface area contributed by atoms with Crippen LogP contribution in [0.15, 0.2) is 0 Å². The molecule has 2 atom stereocenters. The minimum atomic E-state index is -0.302. The van der Waals surface area contributed by atoms with Crippen LogP contribution in [0.1, 0.15) is 40.0 Å². The van der Waals surface area contributed by atoms with E-state index >= 15 is 0 Å². The van der Waals surface area contributed by atoms with E-state index < -0.39 is 0 Å². The molecule has 0 aromatic carbocycles. The molecule has 2 amide bonds. The van der Waals surface area contributed by atoms with Crippen molar-refractivity contribution in [3.63, 3.8) is 0 Å². The summed E-state index contributed by atoms with van der Waals surface area (Å²) in [4.78, 5) is 25.2. The Morgan fingerprint density at radius 2 is 2.05 bits per heavy atom. The number of halogens is 1. The van der Waals surface area contributed by atoms with E-state index in [1.54, 1.807) is 4.90 Å². The molecule has 3 N–H and O–H groups in total. The number of rotatable bonds is 5. The van der Waals surface area contributed by atoms with Gasteiger partial charge in [0.1, 0.15) is 6.04 Å². The molecule has 112 valence electrons. The van der Waals surface area contributed by atoms with Gasteiger partial charge in [0.05, 0.1) is 0 Å². The molecular formula is C13H26ClN3O2. The Bertz CT molecular complexity index is 310. The summed E-state index contributed by atoms with van der Waals surface area (Å²) in [5, 5.41) is 2.97. The Morgan fingerprint density at radius 1 is 1.42 bits per heavy atom. The zero-order valence-electron chi connectivity index (χ0n) is 12.0. The number of carbonyl (C=O) groups excluding carboxylic acids is 2. The third kappa shape index (κ3) is 5.37. The highest BCUT2D eigenvalue weighted by atomic mass is 35.5. The number of nitrogens with zero attached hydrogens (tertiary/aromatic N) is 1. The van der Waals surface area contributed by atoms with Crippen LogP contribution in [0.3, 0.4) is 0 Å². The molecule has 19 heavy (non-hydrogen) atoms. The number of hydrogen-bond donors (Lipinski definition) is 2. The van der Waals surface area contributed by atoms with Crippen molar-refractivity contribution in [3.8, 4) is 0 Å². The molecule has 0 aliphatic carbocycles. The first-order chi connectivity index (χ1) is 8.45. The molecule has 6 heteroatoms. The third-order valence-corrected chi connectivity index (χ3v) is 3.35. The number of carbonyl (C=O) groups is 2. The lowest BCUT2D eigenvalue weighted by Crippen LogP contribution is -2.50. The van der Waals surface area contributed by atoms with Crippen molar-refractivity contribution in [2.45, 2.75) is 52.1 Å². The topological polar surface area (TPSA) is 75.4 Å². The third-order valence-electron chi connectivity index (χ3n) is 3.35. The Balaban J connectivity index is 0.00000324. The van der Waals surface area contributed by atoms with Crippen LogP contribution in [-0.2, 0) is 9.59 Å². The maximum absolute atomic E-state index is 12.2. The Hall–Kier alpha value is -0.810. The van der Waals surface area contributed by atoms with Crippen molar-refractivity contribution >= 4 is 24.2 Å². The molecule has 1 heterocycles. The molecule has 0 radical (unpaired) electrons. The second kappa shape index (κ2) is 8.38. The second-order valence-corrected chi connectivity index (χ2v) is 5.44. The summed E-state index contributed by atoms with van der Waals surface area (Å²) < 4.78 is 0. The van der Waals surface area contributed by atoms with Gasteiger partial charge in [0.2, 0.25) is 11.8 Å². The van der Waals surface area contributed by atoms with Crippen LogP contribution in [0.5, 0.6) is 0 Å². The van der Waals surface area contributed by atoms with E-state index in [1.807, 2.05) is 0 Å². The maximum Gasteiger partial charge on any atom is 0.243 e. The van der Waals surface area contributed by atoms with Gasteiger partial charge < -0.3 is 16.0 Å². The predicted molar refractivity (Wildman–Crippen MR) is 78.1 cm³/mol. The van der Waals surface area contributed by atoms with Crippen LogP contribution >= 0.6 is 12.4 Å². The average molecular weight is 292 g/mol. The zero-order chi connectivity index (χ0) is 13.7. The first-order valence-corrected chi connectivity index (χ1v) is 6.73. The van der Waals surface area contributed by atoms with Gasteiger partial charge in [-0.1, -0.05) is 13.8 Å². The normalized spacial score (nSPS) is 20.1. The van der Waals surface area contributed by atoms with E-state index in [0.29, 0.717) is 19.0 Å². The highest BCUT2D eigenvalue weighted by Crippen LogP contribution is 2.17. The van der Waals surface area contributed by atoms with Crippen LogP contribution in [0, 0.1) is 5.92 Å². The van der Waals surface area contributed by atoms with Gasteiger partial charge in [-0.25, -0.2) is 0 Å². The Labute approximate surface area is 121 Å². The van der Waals surface area contributed by atoms with E-state index in [2.05, 4.69) is 19.2 Å². The molecule has 2 unspecified atom stereocenters. The van der Waals surface area contributed by atoms with Crippen LogP contribution in [0.2, 0.25) is 0 Å². The molecule has 0 bridgehead atoms. The highest BCUT2D eigenvalue weighted by molar-refractivity contribution is 5.87. The molecule has 1 fully saturated rings. The van der Waals surface area contributed by atoms with E-state index in [9.17, 15) is 9.59 Å². The Kier molecular flexibility index (Phi) is 8.02. The summed E-state index contributed by atoms with van der Waals surface area (Å²) in [5.41, 5.74) is 5.67. The number of amides is 2. The van der Waals surface area contributed by atoms with Crippen molar-refractivity contribution in [3.05, 3.63) is 0 Å². The molecule has 1 aliphatic rings. The van der Waals surface area contributed by atoms with Crippen molar-refractivity contribution in [1.82, 2.24) is 10.2 Å². The number of likely N-dealkylation sites (tertiary alicyclic amines) is 1. The quantitative estimate of drug-likeness (QED) is 0.790. The predicted octanol–water partition coefficient (Wildman–Crippen LogP) is 0.909. The van der Waals surface area contributed by atoms with E-state index in [-0.39, 0.29) is 36.3 Å². The first kappa shape index (κ1) is 18.2. The number of nitrogens with two attached hydrogens (primary N) is 1. The zero-order valence-corrected chi connectivity index (χ0v) is 12.8. The fraction of sp³-hybridized carbons (Fsp3) is 0.846. The SMILES string of the molecule is CC(=O)N1CCCC1C(=O)NC(CN)CC(C)C.Cl. The van der Waals surface area contributed by atoms with Crippen LogP contribution in [0.4, 0.5) is 0 Å². The van der Waals surface area contributed by atoms with Crippen molar-refractivity contribution in [1.29, 1.82) is 0 Å². The summed E-state index contributed by atoms with van der Waals surface area (Å²) in [7, 11) is 0. The van der Waals surface area contributed by atoms with Gasteiger partial charge in [0.25, 0.3) is 0 Å². The lowest BCUT2D eigenvalue weighted by molar-refractivity contribution is -0.137. The molecule has 0 aromatic heterocycles. The van der Waals surface area contributed by atoms with Gasteiger partial charge in [-0.2, -0.15) is 0 Å². The van der Waals surface area contributed by atoms with Gasteiger partial charge in [-0.15, -0.1) is 12.4 Å². The number of hydrogen-bond acceptors (Lipinski definition) is 3. The van der Waals surface area contributed by atoms with Gasteiger partial charge in [0, 0.05) is 26.1 Å². The van der Waals surface area contributed by atoms with Gasteiger partial charge >= 0.3 is 0 Å². The lowest BCUT2D eigenvalue weighted by atomic mass is 10.0. The van der Waals surface area contributed by atoms with E-state index in [0.717, 1.165) is 19.3 Å². The maximum atomic E-state index is 12.2. The molecule has 0 spiro atoms. The van der Waals surface area contributed by atoms with Crippen LogP contribution in [-0.4, -0.2) is 41.9 Å². The van der Waals surface area contributed by atoms with Gasteiger partial charge in [-0.05, 0) is 25.2 Å². The van der Waals surface area contributed by atoms with Gasteiger partial charge in [-0.3, -0.25) is 9.59 Å². The summed E-state index contributed by atoms with van der Waals surface area (Å²) in [6.07, 6.45) is 2.52. The van der Waals surface area contributed by atoms with Crippen molar-refractivity contribution in [2.75, 3.05) is 13.1 Å².